The van der Waals surface area contributed by atoms with Crippen LogP contribution in [0.4, 0.5) is 0 Å². The van der Waals surface area contributed by atoms with Gasteiger partial charge in [-0.3, -0.25) is 5.41 Å². The Labute approximate surface area is 124 Å². The summed E-state index contributed by atoms with van der Waals surface area (Å²) in [6, 6.07) is 7.42. The number of hydrogen-bond acceptors (Lipinski definition) is 4. The third-order valence-corrected chi connectivity index (χ3v) is 2.96. The Bertz CT molecular complexity index is 649. The first-order valence-electron chi connectivity index (χ1n) is 6.82. The number of aryl methyl sites for hydroxylation is 2. The van der Waals surface area contributed by atoms with Gasteiger partial charge in [-0.1, -0.05) is 19.1 Å². The Kier molecular flexibility index (Phi) is 4.47. The van der Waals surface area contributed by atoms with E-state index in [1.165, 1.54) is 0 Å². The van der Waals surface area contributed by atoms with Crippen LogP contribution in [0.3, 0.4) is 0 Å². The van der Waals surface area contributed by atoms with E-state index in [9.17, 15) is 0 Å². The molecule has 21 heavy (non-hydrogen) atoms. The summed E-state index contributed by atoms with van der Waals surface area (Å²) in [6.07, 6.45) is 0.915. The minimum absolute atomic E-state index is 0.0671. The topological polar surface area (TPSA) is 86.2 Å². The molecule has 0 spiro atoms. The van der Waals surface area contributed by atoms with E-state index in [-0.39, 0.29) is 5.84 Å². The van der Waals surface area contributed by atoms with Crippen LogP contribution >= 0.6 is 0 Å². The van der Waals surface area contributed by atoms with Crippen molar-refractivity contribution in [1.29, 1.82) is 5.41 Å². The van der Waals surface area contributed by atoms with E-state index in [0.29, 0.717) is 35.2 Å². The highest BCUT2D eigenvalue weighted by Gasteiger charge is 2.19. The molecule has 1 heterocycles. The van der Waals surface area contributed by atoms with E-state index < -0.39 is 0 Å². The normalized spacial score (nSPS) is 10.4. The first-order chi connectivity index (χ1) is 10.0. The summed E-state index contributed by atoms with van der Waals surface area (Å²) in [5.41, 5.74) is 6.78. The van der Waals surface area contributed by atoms with Gasteiger partial charge in [0.05, 0.1) is 12.3 Å². The number of nitrogens with one attached hydrogen (secondary N) is 1. The van der Waals surface area contributed by atoms with E-state index in [1.807, 2.05) is 31.2 Å². The summed E-state index contributed by atoms with van der Waals surface area (Å²) < 4.78 is 13.1. The van der Waals surface area contributed by atoms with E-state index in [1.54, 1.807) is 18.7 Å². The highest BCUT2D eigenvalue weighted by molar-refractivity contribution is 5.98. The molecule has 0 aliphatic rings. The summed E-state index contributed by atoms with van der Waals surface area (Å²) in [6.45, 7) is 4.45. The molecule has 3 N–H and O–H groups in total. The van der Waals surface area contributed by atoms with Crippen molar-refractivity contribution in [3.05, 3.63) is 35.5 Å². The lowest BCUT2D eigenvalue weighted by atomic mass is 10.2. The van der Waals surface area contributed by atoms with Crippen LogP contribution in [0.5, 0.6) is 17.4 Å². The van der Waals surface area contributed by atoms with Crippen LogP contribution < -0.4 is 15.2 Å². The van der Waals surface area contributed by atoms with Gasteiger partial charge >= 0.3 is 0 Å². The predicted octanol–water partition coefficient (Wildman–Crippen LogP) is 2.59. The number of aromatic nitrogens is 2. The second-order valence-corrected chi connectivity index (χ2v) is 4.70. The standard InChI is InChI=1S/C15H20N4O2/c1-4-9-20-11-7-5-6-8-12(11)21-15-13(14(16)17)10(2)18-19(15)3/h5-8H,4,9H2,1-3H3,(H3,16,17). The van der Waals surface area contributed by atoms with Gasteiger partial charge in [-0.25, -0.2) is 4.68 Å². The highest BCUT2D eigenvalue weighted by Crippen LogP contribution is 2.33. The second-order valence-electron chi connectivity index (χ2n) is 4.70. The fraction of sp³-hybridized carbons (Fsp3) is 0.333. The molecule has 0 aliphatic carbocycles. The van der Waals surface area contributed by atoms with E-state index >= 15 is 0 Å². The van der Waals surface area contributed by atoms with Crippen molar-refractivity contribution in [3.63, 3.8) is 0 Å². The lowest BCUT2D eigenvalue weighted by Crippen LogP contribution is -2.13. The van der Waals surface area contributed by atoms with Crippen molar-refractivity contribution in [3.8, 4) is 17.4 Å². The van der Waals surface area contributed by atoms with Crippen LogP contribution in [0, 0.1) is 12.3 Å². The zero-order valence-corrected chi connectivity index (χ0v) is 12.5. The number of para-hydroxylation sites is 2. The van der Waals surface area contributed by atoms with Gasteiger partial charge in [0.15, 0.2) is 11.5 Å². The van der Waals surface area contributed by atoms with Crippen LogP contribution in [0.1, 0.15) is 24.6 Å². The maximum absolute atomic E-state index is 7.67. The molecule has 0 amide bonds. The monoisotopic (exact) mass is 288 g/mol. The Hall–Kier alpha value is -2.50. The van der Waals surface area contributed by atoms with Crippen LogP contribution in [-0.4, -0.2) is 22.2 Å². The average molecular weight is 288 g/mol. The molecule has 0 fully saturated rings. The van der Waals surface area contributed by atoms with Crippen molar-refractivity contribution in [2.75, 3.05) is 6.61 Å². The molecule has 1 aromatic heterocycles. The summed E-state index contributed by atoms with van der Waals surface area (Å²) in [5, 5.41) is 11.9. The second kappa shape index (κ2) is 6.30. The molecule has 0 saturated heterocycles. The Morgan fingerprint density at radius 3 is 2.62 bits per heavy atom. The molecule has 0 unspecified atom stereocenters. The number of amidine groups is 1. The van der Waals surface area contributed by atoms with Gasteiger partial charge in [-0.05, 0) is 25.5 Å². The first kappa shape index (κ1) is 14.9. The Morgan fingerprint density at radius 2 is 2.00 bits per heavy atom. The van der Waals surface area contributed by atoms with E-state index in [0.717, 1.165) is 6.42 Å². The molecular weight excluding hydrogens is 268 g/mol. The number of nitrogens with two attached hydrogens (primary N) is 1. The largest absolute Gasteiger partial charge is 0.490 e. The zero-order chi connectivity index (χ0) is 15.4. The Morgan fingerprint density at radius 1 is 1.33 bits per heavy atom. The zero-order valence-electron chi connectivity index (χ0n) is 12.5. The molecule has 0 aliphatic heterocycles. The quantitative estimate of drug-likeness (QED) is 0.632. The molecule has 0 atom stereocenters. The van der Waals surface area contributed by atoms with Crippen LogP contribution in [0.2, 0.25) is 0 Å². The number of hydrogen-bond donors (Lipinski definition) is 2. The molecule has 6 nitrogen and oxygen atoms in total. The fourth-order valence-electron chi connectivity index (χ4n) is 2.03. The smallest absolute Gasteiger partial charge is 0.229 e. The Balaban J connectivity index is 2.37. The molecule has 6 heteroatoms. The van der Waals surface area contributed by atoms with Gasteiger partial charge in [0.1, 0.15) is 11.4 Å². The van der Waals surface area contributed by atoms with Crippen molar-refractivity contribution in [1.82, 2.24) is 9.78 Å². The van der Waals surface area contributed by atoms with Crippen molar-refractivity contribution < 1.29 is 9.47 Å². The highest BCUT2D eigenvalue weighted by atomic mass is 16.5. The van der Waals surface area contributed by atoms with Gasteiger partial charge in [-0.2, -0.15) is 5.10 Å². The molecular formula is C15H20N4O2. The van der Waals surface area contributed by atoms with E-state index in [2.05, 4.69) is 5.10 Å². The van der Waals surface area contributed by atoms with Crippen molar-refractivity contribution in [2.24, 2.45) is 12.8 Å². The van der Waals surface area contributed by atoms with Gasteiger partial charge < -0.3 is 15.2 Å². The molecule has 2 aromatic rings. The SMILES string of the molecule is CCCOc1ccccc1Oc1c(C(=N)N)c(C)nn1C. The number of nitrogens with zero attached hydrogens (tertiary/aromatic N) is 2. The van der Waals surface area contributed by atoms with Gasteiger partial charge in [0.2, 0.25) is 5.88 Å². The van der Waals surface area contributed by atoms with E-state index in [4.69, 9.17) is 20.6 Å². The lowest BCUT2D eigenvalue weighted by molar-refractivity contribution is 0.298. The number of benzene rings is 1. The third kappa shape index (κ3) is 3.16. The average Bonchev–Trinajstić information content (AvgIpc) is 2.72. The molecule has 2 rings (SSSR count). The fourth-order valence-corrected chi connectivity index (χ4v) is 2.03. The van der Waals surface area contributed by atoms with Crippen LogP contribution in [-0.2, 0) is 7.05 Å². The van der Waals surface area contributed by atoms with Crippen LogP contribution in [0.25, 0.3) is 0 Å². The van der Waals surface area contributed by atoms with Gasteiger partial charge in [-0.15, -0.1) is 0 Å². The van der Waals surface area contributed by atoms with Crippen molar-refractivity contribution >= 4 is 5.84 Å². The van der Waals surface area contributed by atoms with Gasteiger partial charge in [0, 0.05) is 7.05 Å². The first-order valence-corrected chi connectivity index (χ1v) is 6.82. The van der Waals surface area contributed by atoms with Crippen molar-refractivity contribution in [2.45, 2.75) is 20.3 Å². The molecule has 0 radical (unpaired) electrons. The molecule has 0 bridgehead atoms. The number of nitrogen functional groups attached to an aromatic ring is 1. The molecule has 0 saturated carbocycles. The predicted molar refractivity (Wildman–Crippen MR) is 81.3 cm³/mol. The summed E-state index contributed by atoms with van der Waals surface area (Å²) in [7, 11) is 1.75. The third-order valence-electron chi connectivity index (χ3n) is 2.96. The summed E-state index contributed by atoms with van der Waals surface area (Å²) >= 11 is 0. The lowest BCUT2D eigenvalue weighted by Gasteiger charge is -2.12. The van der Waals surface area contributed by atoms with Gasteiger partial charge in [0.25, 0.3) is 0 Å². The number of rotatable bonds is 6. The summed E-state index contributed by atoms with van der Waals surface area (Å²) in [5.74, 6) is 1.61. The summed E-state index contributed by atoms with van der Waals surface area (Å²) in [4.78, 5) is 0. The molecule has 1 aromatic carbocycles. The maximum Gasteiger partial charge on any atom is 0.229 e. The van der Waals surface area contributed by atoms with Crippen LogP contribution in [0.15, 0.2) is 24.3 Å². The number of ether oxygens (including phenoxy) is 2. The maximum atomic E-state index is 7.67. The minimum Gasteiger partial charge on any atom is -0.490 e. The molecule has 112 valence electrons. The minimum atomic E-state index is -0.0671.